The molecule has 2 heterocycles. The van der Waals surface area contributed by atoms with Gasteiger partial charge in [0, 0.05) is 6.04 Å². The minimum absolute atomic E-state index is 0.0192. The second kappa shape index (κ2) is 6.49. The molecule has 0 radical (unpaired) electrons. The molecule has 2 fully saturated rings. The normalized spacial score (nSPS) is 33.0. The van der Waals surface area contributed by atoms with Gasteiger partial charge >= 0.3 is 0 Å². The van der Waals surface area contributed by atoms with E-state index >= 15 is 0 Å². The summed E-state index contributed by atoms with van der Waals surface area (Å²) < 4.78 is 0. The van der Waals surface area contributed by atoms with Crippen molar-refractivity contribution in [2.75, 3.05) is 0 Å². The first-order chi connectivity index (χ1) is 10.2. The zero-order chi connectivity index (χ0) is 14.8. The summed E-state index contributed by atoms with van der Waals surface area (Å²) in [7, 11) is 0. The second-order valence-electron chi connectivity index (χ2n) is 6.64. The predicted molar refractivity (Wildman–Crippen MR) is 87.2 cm³/mol. The van der Waals surface area contributed by atoms with Crippen LogP contribution >= 0.6 is 11.3 Å². The molecule has 1 saturated heterocycles. The Balaban J connectivity index is 1.80. The Bertz CT molecular complexity index is 473. The summed E-state index contributed by atoms with van der Waals surface area (Å²) >= 11 is 1.71. The number of rotatable bonds is 5. The van der Waals surface area contributed by atoms with Gasteiger partial charge < -0.3 is 4.90 Å². The number of carbonyl (C=O) groups excluding carboxylic acids is 1. The average molecular weight is 306 g/mol. The fraction of sp³-hybridized carbons (Fsp3) is 0.706. The molecular weight excluding hydrogens is 280 g/mol. The molecular formula is C17H26N2OS. The highest BCUT2D eigenvalue weighted by Crippen LogP contribution is 2.37. The highest BCUT2D eigenvalue weighted by molar-refractivity contribution is 7.07. The fourth-order valence-electron chi connectivity index (χ4n) is 3.77. The summed E-state index contributed by atoms with van der Waals surface area (Å²) in [6.07, 6.45) is 6.91. The molecule has 4 heteroatoms. The van der Waals surface area contributed by atoms with Crippen LogP contribution in [0.5, 0.6) is 0 Å². The highest BCUT2D eigenvalue weighted by atomic mass is 32.1. The van der Waals surface area contributed by atoms with Crippen LogP contribution in [0.4, 0.5) is 0 Å². The number of thiophene rings is 1. The summed E-state index contributed by atoms with van der Waals surface area (Å²) in [6, 6.07) is 2.60. The Hall–Kier alpha value is -0.870. The third-order valence-corrected chi connectivity index (χ3v) is 5.66. The lowest BCUT2D eigenvalue weighted by Crippen LogP contribution is -2.38. The average Bonchev–Trinajstić information content (AvgIpc) is 3.17. The number of amides is 1. The standard InChI is InChI=1S/C17H26N2OS/c1-3-4-5-15-17(20)19(14-7-6-12(2)10-14)16(18-15)13-8-9-21-11-13/h8-9,11-12,14-16,18H,3-7,10H2,1-2H3. The van der Waals surface area contributed by atoms with Crippen molar-refractivity contribution in [3.05, 3.63) is 22.4 Å². The van der Waals surface area contributed by atoms with E-state index in [1.54, 1.807) is 11.3 Å². The summed E-state index contributed by atoms with van der Waals surface area (Å²) in [6.45, 7) is 4.49. The van der Waals surface area contributed by atoms with Gasteiger partial charge in [0.15, 0.2) is 0 Å². The topological polar surface area (TPSA) is 32.3 Å². The molecule has 1 amide bonds. The summed E-state index contributed by atoms with van der Waals surface area (Å²) in [5, 5.41) is 7.89. The van der Waals surface area contributed by atoms with Gasteiger partial charge in [0.25, 0.3) is 0 Å². The first kappa shape index (κ1) is 15.0. The van der Waals surface area contributed by atoms with E-state index in [0.717, 1.165) is 38.0 Å². The molecule has 3 rings (SSSR count). The van der Waals surface area contributed by atoms with Crippen LogP contribution in [0.25, 0.3) is 0 Å². The Morgan fingerprint density at radius 2 is 2.29 bits per heavy atom. The van der Waals surface area contributed by atoms with Crippen LogP contribution in [0.3, 0.4) is 0 Å². The Morgan fingerprint density at radius 1 is 1.43 bits per heavy atom. The molecule has 4 unspecified atom stereocenters. The quantitative estimate of drug-likeness (QED) is 0.894. The van der Waals surface area contributed by atoms with Crippen LogP contribution in [0.2, 0.25) is 0 Å². The van der Waals surface area contributed by atoms with Crippen molar-refractivity contribution < 1.29 is 4.79 Å². The number of hydrogen-bond acceptors (Lipinski definition) is 3. The van der Waals surface area contributed by atoms with Crippen molar-refractivity contribution in [2.45, 2.75) is 70.6 Å². The van der Waals surface area contributed by atoms with Crippen molar-refractivity contribution in [1.29, 1.82) is 0 Å². The van der Waals surface area contributed by atoms with Gasteiger partial charge in [-0.15, -0.1) is 0 Å². The van der Waals surface area contributed by atoms with Crippen LogP contribution in [0, 0.1) is 5.92 Å². The molecule has 1 aliphatic heterocycles. The van der Waals surface area contributed by atoms with Crippen LogP contribution in [-0.4, -0.2) is 22.9 Å². The van der Waals surface area contributed by atoms with Crippen LogP contribution in [-0.2, 0) is 4.79 Å². The van der Waals surface area contributed by atoms with E-state index in [2.05, 4.69) is 40.9 Å². The molecule has 116 valence electrons. The Kier molecular flexibility index (Phi) is 4.65. The maximum Gasteiger partial charge on any atom is 0.241 e. The van der Waals surface area contributed by atoms with Crippen molar-refractivity contribution in [3.63, 3.8) is 0 Å². The molecule has 2 aliphatic rings. The third-order valence-electron chi connectivity index (χ3n) is 4.96. The van der Waals surface area contributed by atoms with Gasteiger partial charge in [-0.2, -0.15) is 11.3 Å². The molecule has 3 nitrogen and oxygen atoms in total. The molecule has 1 saturated carbocycles. The monoisotopic (exact) mass is 306 g/mol. The van der Waals surface area contributed by atoms with E-state index in [1.807, 2.05) is 0 Å². The largest absolute Gasteiger partial charge is 0.319 e. The first-order valence-electron chi connectivity index (χ1n) is 8.31. The maximum atomic E-state index is 12.9. The zero-order valence-electron chi connectivity index (χ0n) is 13.0. The number of unbranched alkanes of at least 4 members (excludes halogenated alkanes) is 1. The number of nitrogens with one attached hydrogen (secondary N) is 1. The van der Waals surface area contributed by atoms with Crippen LogP contribution in [0.15, 0.2) is 16.8 Å². The van der Waals surface area contributed by atoms with Crippen molar-refractivity contribution in [2.24, 2.45) is 5.92 Å². The second-order valence-corrected chi connectivity index (χ2v) is 7.42. The minimum Gasteiger partial charge on any atom is -0.319 e. The number of hydrogen-bond donors (Lipinski definition) is 1. The van der Waals surface area contributed by atoms with E-state index in [4.69, 9.17) is 0 Å². The number of carbonyl (C=O) groups is 1. The van der Waals surface area contributed by atoms with E-state index < -0.39 is 0 Å². The van der Waals surface area contributed by atoms with Gasteiger partial charge in [-0.1, -0.05) is 26.7 Å². The van der Waals surface area contributed by atoms with E-state index in [0.29, 0.717) is 11.9 Å². The molecule has 4 atom stereocenters. The highest BCUT2D eigenvalue weighted by Gasteiger charge is 2.44. The number of nitrogens with zero attached hydrogens (tertiary/aromatic N) is 1. The molecule has 1 aromatic rings. The van der Waals surface area contributed by atoms with E-state index in [9.17, 15) is 4.79 Å². The van der Waals surface area contributed by atoms with Crippen LogP contribution < -0.4 is 5.32 Å². The van der Waals surface area contributed by atoms with Gasteiger partial charge in [0.2, 0.25) is 5.91 Å². The van der Waals surface area contributed by atoms with E-state index in [-0.39, 0.29) is 12.2 Å². The van der Waals surface area contributed by atoms with Crippen LogP contribution in [0.1, 0.15) is 64.1 Å². The molecule has 0 spiro atoms. The predicted octanol–water partition coefficient (Wildman–Crippen LogP) is 3.93. The van der Waals surface area contributed by atoms with Crippen molar-refractivity contribution in [1.82, 2.24) is 10.2 Å². The lowest BCUT2D eigenvalue weighted by atomic mass is 10.1. The maximum absolute atomic E-state index is 12.9. The zero-order valence-corrected chi connectivity index (χ0v) is 13.9. The van der Waals surface area contributed by atoms with Gasteiger partial charge in [-0.25, -0.2) is 0 Å². The lowest BCUT2D eigenvalue weighted by molar-refractivity contribution is -0.132. The van der Waals surface area contributed by atoms with Crippen molar-refractivity contribution in [3.8, 4) is 0 Å². The van der Waals surface area contributed by atoms with Gasteiger partial charge in [-0.05, 0) is 54.0 Å². The third kappa shape index (κ3) is 3.02. The Morgan fingerprint density at radius 3 is 2.90 bits per heavy atom. The summed E-state index contributed by atoms with van der Waals surface area (Å²) in [4.78, 5) is 15.0. The SMILES string of the molecule is CCCCC1NC(c2ccsc2)N(C2CCC(C)C2)C1=O. The van der Waals surface area contributed by atoms with Gasteiger partial charge in [-0.3, -0.25) is 10.1 Å². The van der Waals surface area contributed by atoms with Gasteiger partial charge in [0.05, 0.1) is 6.04 Å². The summed E-state index contributed by atoms with van der Waals surface area (Å²) in [5.74, 6) is 1.08. The van der Waals surface area contributed by atoms with Crippen molar-refractivity contribution >= 4 is 17.2 Å². The van der Waals surface area contributed by atoms with Gasteiger partial charge in [0.1, 0.15) is 6.17 Å². The minimum atomic E-state index is 0.0192. The fourth-order valence-corrected chi connectivity index (χ4v) is 4.45. The molecule has 1 N–H and O–H groups in total. The summed E-state index contributed by atoms with van der Waals surface area (Å²) in [5.41, 5.74) is 1.26. The molecule has 21 heavy (non-hydrogen) atoms. The molecule has 0 bridgehead atoms. The molecule has 1 aromatic heterocycles. The Labute approximate surface area is 131 Å². The molecule has 0 aromatic carbocycles. The first-order valence-corrected chi connectivity index (χ1v) is 9.25. The lowest BCUT2D eigenvalue weighted by Gasteiger charge is -2.30. The molecule has 1 aliphatic carbocycles. The smallest absolute Gasteiger partial charge is 0.241 e. The van der Waals surface area contributed by atoms with E-state index in [1.165, 1.54) is 12.0 Å².